The summed E-state index contributed by atoms with van der Waals surface area (Å²) >= 11 is 1.37. The number of aromatic nitrogens is 3. The van der Waals surface area contributed by atoms with E-state index >= 15 is 0 Å². The Kier molecular flexibility index (Phi) is 5.97. The van der Waals surface area contributed by atoms with E-state index in [4.69, 9.17) is 0 Å². The van der Waals surface area contributed by atoms with Gasteiger partial charge >= 0.3 is 11.7 Å². The highest BCUT2D eigenvalue weighted by Crippen LogP contribution is 2.28. The SMILES string of the molecule is CCCC[C@H](C(=O)O)n1c(=O)c2ccccc2n(Cc2nsc3cc(C)cc(C)c23)c1=O. The standard InChI is InChI=1S/C24H25N3O4S/c1-4-5-9-19(23(29)30)27-22(28)16-8-6-7-10-18(16)26(24(27)31)13-17-21-15(3)11-14(2)12-20(21)32-25-17/h6-8,10-12,19H,4-5,9,13H2,1-3H3,(H,29,30)/t19-/m1/s1. The van der Waals surface area contributed by atoms with Crippen molar-refractivity contribution in [3.63, 3.8) is 0 Å². The van der Waals surface area contributed by atoms with Crippen molar-refractivity contribution in [3.05, 3.63) is 74.1 Å². The Morgan fingerprint density at radius 1 is 1.19 bits per heavy atom. The number of fused-ring (bicyclic) bond motifs is 2. The molecule has 0 bridgehead atoms. The average Bonchev–Trinajstić information content (AvgIpc) is 3.16. The molecular formula is C24H25N3O4S. The highest BCUT2D eigenvalue weighted by Gasteiger charge is 2.26. The summed E-state index contributed by atoms with van der Waals surface area (Å²) in [6, 6.07) is 9.77. The fourth-order valence-electron chi connectivity index (χ4n) is 4.31. The summed E-state index contributed by atoms with van der Waals surface area (Å²) in [4.78, 5) is 38.7. The average molecular weight is 452 g/mol. The molecule has 0 spiro atoms. The minimum Gasteiger partial charge on any atom is -0.480 e. The third-order valence-electron chi connectivity index (χ3n) is 5.80. The van der Waals surface area contributed by atoms with Gasteiger partial charge in [0, 0.05) is 5.39 Å². The van der Waals surface area contributed by atoms with E-state index in [9.17, 15) is 19.5 Å². The largest absolute Gasteiger partial charge is 0.480 e. The van der Waals surface area contributed by atoms with Crippen LogP contribution in [0.15, 0.2) is 46.0 Å². The summed E-state index contributed by atoms with van der Waals surface area (Å²) < 4.78 is 8.02. The molecule has 4 rings (SSSR count). The number of benzene rings is 2. The Hall–Kier alpha value is -3.26. The first-order valence-electron chi connectivity index (χ1n) is 10.7. The molecule has 0 aliphatic heterocycles. The number of aliphatic carboxylic acids is 1. The predicted molar refractivity (Wildman–Crippen MR) is 127 cm³/mol. The predicted octanol–water partition coefficient (Wildman–Crippen LogP) is 4.25. The summed E-state index contributed by atoms with van der Waals surface area (Å²) in [6.07, 6.45) is 1.59. The second kappa shape index (κ2) is 8.70. The van der Waals surface area contributed by atoms with Gasteiger partial charge in [0.15, 0.2) is 0 Å². The molecule has 2 aromatic carbocycles. The lowest BCUT2D eigenvalue weighted by Crippen LogP contribution is -2.44. The van der Waals surface area contributed by atoms with Gasteiger partial charge in [-0.3, -0.25) is 9.36 Å². The molecule has 0 fully saturated rings. The molecule has 7 nitrogen and oxygen atoms in total. The van der Waals surface area contributed by atoms with Crippen molar-refractivity contribution in [3.8, 4) is 0 Å². The zero-order valence-corrected chi connectivity index (χ0v) is 19.1. The first kappa shape index (κ1) is 22.0. The van der Waals surface area contributed by atoms with E-state index in [-0.39, 0.29) is 13.0 Å². The molecular weight excluding hydrogens is 426 g/mol. The molecule has 0 saturated carbocycles. The molecule has 0 amide bonds. The minimum atomic E-state index is -1.21. The van der Waals surface area contributed by atoms with Crippen molar-refractivity contribution < 1.29 is 9.90 Å². The number of para-hydroxylation sites is 1. The number of unbranched alkanes of at least 4 members (excludes halogenated alkanes) is 1. The fraction of sp³-hybridized carbons (Fsp3) is 0.333. The number of hydrogen-bond acceptors (Lipinski definition) is 5. The Labute approximate surface area is 188 Å². The highest BCUT2D eigenvalue weighted by molar-refractivity contribution is 7.13. The normalized spacial score (nSPS) is 12.5. The third kappa shape index (κ3) is 3.75. The summed E-state index contributed by atoms with van der Waals surface area (Å²) in [6.45, 7) is 6.14. The quantitative estimate of drug-likeness (QED) is 0.453. The van der Waals surface area contributed by atoms with Gasteiger partial charge in [0.25, 0.3) is 5.56 Å². The highest BCUT2D eigenvalue weighted by atomic mass is 32.1. The Bertz CT molecular complexity index is 1450. The molecule has 0 saturated heterocycles. The fourth-order valence-corrected chi connectivity index (χ4v) is 5.27. The summed E-state index contributed by atoms with van der Waals surface area (Å²) in [5.74, 6) is -1.18. The van der Waals surface area contributed by atoms with Gasteiger partial charge < -0.3 is 5.11 Å². The maximum absolute atomic E-state index is 13.6. The summed E-state index contributed by atoms with van der Waals surface area (Å²) in [7, 11) is 0. The molecule has 0 aliphatic carbocycles. The maximum Gasteiger partial charge on any atom is 0.332 e. The van der Waals surface area contributed by atoms with Crippen molar-refractivity contribution in [2.45, 2.75) is 52.6 Å². The van der Waals surface area contributed by atoms with Gasteiger partial charge in [0.1, 0.15) is 6.04 Å². The lowest BCUT2D eigenvalue weighted by molar-refractivity contribution is -0.141. The van der Waals surface area contributed by atoms with E-state index in [0.717, 1.165) is 37.9 Å². The molecule has 2 aromatic heterocycles. The second-order valence-corrected chi connectivity index (χ2v) is 8.95. The van der Waals surface area contributed by atoms with Gasteiger partial charge in [0.2, 0.25) is 0 Å². The van der Waals surface area contributed by atoms with Gasteiger partial charge in [-0.2, -0.15) is 4.37 Å². The topological polar surface area (TPSA) is 94.2 Å². The zero-order chi connectivity index (χ0) is 23.0. The van der Waals surface area contributed by atoms with Crippen molar-refractivity contribution >= 4 is 38.5 Å². The minimum absolute atomic E-state index is 0.156. The third-order valence-corrected chi connectivity index (χ3v) is 6.63. The zero-order valence-electron chi connectivity index (χ0n) is 18.3. The van der Waals surface area contributed by atoms with Crippen LogP contribution in [0, 0.1) is 13.8 Å². The summed E-state index contributed by atoms with van der Waals surface area (Å²) in [5.41, 5.74) is 2.23. The van der Waals surface area contributed by atoms with Crippen molar-refractivity contribution in [1.29, 1.82) is 0 Å². The summed E-state index contributed by atoms with van der Waals surface area (Å²) in [5, 5.41) is 11.1. The molecule has 0 aliphatic rings. The first-order valence-corrected chi connectivity index (χ1v) is 11.4. The van der Waals surface area contributed by atoms with Crippen LogP contribution in [0.1, 0.15) is 49.0 Å². The van der Waals surface area contributed by atoms with E-state index in [2.05, 4.69) is 16.5 Å². The number of hydrogen-bond donors (Lipinski definition) is 1. The van der Waals surface area contributed by atoms with E-state index < -0.39 is 23.3 Å². The van der Waals surface area contributed by atoms with Crippen LogP contribution in [-0.4, -0.2) is 24.6 Å². The van der Waals surface area contributed by atoms with Crippen LogP contribution in [0.5, 0.6) is 0 Å². The van der Waals surface area contributed by atoms with Crippen LogP contribution in [-0.2, 0) is 11.3 Å². The maximum atomic E-state index is 13.6. The molecule has 8 heteroatoms. The molecule has 1 atom stereocenters. The molecule has 1 N–H and O–H groups in total. The van der Waals surface area contributed by atoms with Crippen LogP contribution in [0.25, 0.3) is 21.0 Å². The second-order valence-electron chi connectivity index (χ2n) is 8.14. The van der Waals surface area contributed by atoms with E-state index in [1.165, 1.54) is 16.1 Å². The lowest BCUT2D eigenvalue weighted by Gasteiger charge is -2.18. The van der Waals surface area contributed by atoms with Crippen molar-refractivity contribution in [2.75, 3.05) is 0 Å². The van der Waals surface area contributed by atoms with Crippen molar-refractivity contribution in [1.82, 2.24) is 13.5 Å². The van der Waals surface area contributed by atoms with Crippen LogP contribution in [0.2, 0.25) is 0 Å². The molecule has 4 aromatic rings. The number of aryl methyl sites for hydroxylation is 2. The van der Waals surface area contributed by atoms with Gasteiger partial charge in [-0.25, -0.2) is 14.2 Å². The number of carboxylic acids is 1. The van der Waals surface area contributed by atoms with E-state index in [0.29, 0.717) is 17.3 Å². The van der Waals surface area contributed by atoms with Gasteiger partial charge in [-0.15, -0.1) is 0 Å². The molecule has 0 radical (unpaired) electrons. The Balaban J connectivity index is 1.97. The van der Waals surface area contributed by atoms with Crippen molar-refractivity contribution in [2.24, 2.45) is 0 Å². The van der Waals surface area contributed by atoms with Gasteiger partial charge in [-0.05, 0) is 61.1 Å². The van der Waals surface area contributed by atoms with Crippen LogP contribution >= 0.6 is 11.5 Å². The lowest BCUT2D eigenvalue weighted by atomic mass is 10.1. The molecule has 2 heterocycles. The smallest absolute Gasteiger partial charge is 0.332 e. The van der Waals surface area contributed by atoms with Gasteiger partial charge in [-0.1, -0.05) is 38.0 Å². The molecule has 0 unspecified atom stereocenters. The number of carbonyl (C=O) groups is 1. The Morgan fingerprint density at radius 3 is 2.66 bits per heavy atom. The van der Waals surface area contributed by atoms with E-state index in [1.54, 1.807) is 24.3 Å². The van der Waals surface area contributed by atoms with Crippen LogP contribution < -0.4 is 11.2 Å². The number of carboxylic acid groups (broad SMARTS) is 1. The number of rotatable bonds is 7. The molecule has 166 valence electrons. The van der Waals surface area contributed by atoms with Gasteiger partial charge in [0.05, 0.1) is 27.8 Å². The number of nitrogens with zero attached hydrogens (tertiary/aromatic N) is 3. The monoisotopic (exact) mass is 451 g/mol. The Morgan fingerprint density at radius 2 is 1.94 bits per heavy atom. The molecule has 32 heavy (non-hydrogen) atoms. The van der Waals surface area contributed by atoms with Crippen LogP contribution in [0.3, 0.4) is 0 Å². The van der Waals surface area contributed by atoms with Crippen LogP contribution in [0.4, 0.5) is 0 Å². The van der Waals surface area contributed by atoms with E-state index in [1.807, 2.05) is 20.8 Å². The first-order chi connectivity index (χ1) is 15.3.